The predicted octanol–water partition coefficient (Wildman–Crippen LogP) is 1.36. The van der Waals surface area contributed by atoms with Crippen molar-refractivity contribution < 1.29 is 14.1 Å². The van der Waals surface area contributed by atoms with E-state index in [1.165, 1.54) is 12.8 Å². The predicted molar refractivity (Wildman–Crippen MR) is 101 cm³/mol. The molecule has 150 valence electrons. The van der Waals surface area contributed by atoms with Crippen LogP contribution in [0, 0.1) is 5.92 Å². The molecule has 0 spiro atoms. The maximum absolute atomic E-state index is 13.3. The number of carbonyl (C=O) groups is 1. The Morgan fingerprint density at radius 1 is 1.21 bits per heavy atom. The number of rotatable bonds is 5. The molecule has 0 aromatic carbocycles. The molecule has 0 unspecified atom stereocenters. The Morgan fingerprint density at radius 3 is 2.75 bits per heavy atom. The van der Waals surface area contributed by atoms with Gasteiger partial charge in [-0.05, 0) is 12.8 Å². The summed E-state index contributed by atoms with van der Waals surface area (Å²) in [5.41, 5.74) is 2.07. The van der Waals surface area contributed by atoms with Crippen LogP contribution < -0.4 is 0 Å². The van der Waals surface area contributed by atoms with E-state index in [-0.39, 0.29) is 17.7 Å². The van der Waals surface area contributed by atoms with E-state index in [9.17, 15) is 4.79 Å². The standard InChI is InChI=1S/C20H27N5O3/c1-23-12-19(21-13-23)16-10-24(9-15-8-18(22-28-15)14-2-3-14)11-17(16)20(26)25-4-6-27-7-5-25/h8,12-14,16-17H,2-7,9-11H2,1H3/t16-,17-/m1/s1. The third-order valence-electron chi connectivity index (χ3n) is 6.09. The highest BCUT2D eigenvalue weighted by atomic mass is 16.5. The monoisotopic (exact) mass is 385 g/mol. The van der Waals surface area contributed by atoms with Crippen LogP contribution in [0.15, 0.2) is 23.1 Å². The number of nitrogens with zero attached hydrogens (tertiary/aromatic N) is 5. The summed E-state index contributed by atoms with van der Waals surface area (Å²) in [5, 5.41) is 4.22. The zero-order chi connectivity index (χ0) is 19.1. The molecule has 1 saturated carbocycles. The van der Waals surface area contributed by atoms with E-state index in [0.717, 1.165) is 30.2 Å². The SMILES string of the molecule is Cn1cnc([C@@H]2CN(Cc3cc(C4CC4)no3)C[C@H]2C(=O)N2CCOCC2)c1. The van der Waals surface area contributed by atoms with Gasteiger partial charge in [-0.3, -0.25) is 9.69 Å². The molecule has 1 aliphatic carbocycles. The van der Waals surface area contributed by atoms with Gasteiger partial charge < -0.3 is 18.7 Å². The van der Waals surface area contributed by atoms with E-state index in [2.05, 4.69) is 21.1 Å². The molecular weight excluding hydrogens is 358 g/mol. The lowest BCUT2D eigenvalue weighted by atomic mass is 9.92. The molecule has 2 saturated heterocycles. The van der Waals surface area contributed by atoms with Gasteiger partial charge in [0.15, 0.2) is 5.76 Å². The van der Waals surface area contributed by atoms with Crippen LogP contribution in [0.1, 0.15) is 41.8 Å². The number of hydrogen-bond acceptors (Lipinski definition) is 6. The van der Waals surface area contributed by atoms with Crippen LogP contribution in [0.4, 0.5) is 0 Å². The lowest BCUT2D eigenvalue weighted by Crippen LogP contribution is -2.45. The van der Waals surface area contributed by atoms with E-state index in [4.69, 9.17) is 9.26 Å². The summed E-state index contributed by atoms with van der Waals surface area (Å²) < 4.78 is 12.9. The van der Waals surface area contributed by atoms with E-state index < -0.39 is 0 Å². The molecule has 28 heavy (non-hydrogen) atoms. The molecule has 3 aliphatic rings. The number of carbonyl (C=O) groups excluding carboxylic acids is 1. The maximum Gasteiger partial charge on any atom is 0.227 e. The molecule has 8 heteroatoms. The van der Waals surface area contributed by atoms with Crippen molar-refractivity contribution in [2.75, 3.05) is 39.4 Å². The Kier molecular flexibility index (Phi) is 4.68. The van der Waals surface area contributed by atoms with Crippen LogP contribution in [-0.2, 0) is 23.1 Å². The van der Waals surface area contributed by atoms with Gasteiger partial charge in [0.25, 0.3) is 0 Å². The number of hydrogen-bond donors (Lipinski definition) is 0. The Labute approximate surface area is 164 Å². The van der Waals surface area contributed by atoms with Crippen molar-refractivity contribution in [2.45, 2.75) is 31.2 Å². The minimum atomic E-state index is -0.0844. The largest absolute Gasteiger partial charge is 0.378 e. The van der Waals surface area contributed by atoms with Crippen molar-refractivity contribution in [3.8, 4) is 0 Å². The molecule has 0 radical (unpaired) electrons. The molecule has 1 amide bonds. The number of imidazole rings is 1. The first-order valence-corrected chi connectivity index (χ1v) is 10.2. The van der Waals surface area contributed by atoms with Crippen LogP contribution in [-0.4, -0.2) is 69.8 Å². The molecule has 3 fully saturated rings. The zero-order valence-corrected chi connectivity index (χ0v) is 16.3. The van der Waals surface area contributed by atoms with Gasteiger partial charge >= 0.3 is 0 Å². The topological polar surface area (TPSA) is 76.6 Å². The molecule has 2 aliphatic heterocycles. The Morgan fingerprint density at radius 2 is 2.04 bits per heavy atom. The molecule has 0 N–H and O–H groups in total. The molecule has 2 atom stereocenters. The minimum absolute atomic E-state index is 0.0844. The van der Waals surface area contributed by atoms with Gasteiger partial charge in [0, 0.05) is 57.3 Å². The zero-order valence-electron chi connectivity index (χ0n) is 16.3. The highest BCUT2D eigenvalue weighted by Gasteiger charge is 2.42. The Balaban J connectivity index is 1.33. The summed E-state index contributed by atoms with van der Waals surface area (Å²) >= 11 is 0. The van der Waals surface area contributed by atoms with Crippen molar-refractivity contribution in [3.63, 3.8) is 0 Å². The van der Waals surface area contributed by atoms with Gasteiger partial charge in [-0.2, -0.15) is 0 Å². The van der Waals surface area contributed by atoms with Crippen molar-refractivity contribution in [3.05, 3.63) is 35.7 Å². The highest BCUT2D eigenvalue weighted by molar-refractivity contribution is 5.80. The fourth-order valence-electron chi connectivity index (χ4n) is 4.40. The summed E-state index contributed by atoms with van der Waals surface area (Å²) in [6.07, 6.45) is 6.28. The minimum Gasteiger partial charge on any atom is -0.378 e. The maximum atomic E-state index is 13.3. The van der Waals surface area contributed by atoms with Crippen LogP contribution in [0.3, 0.4) is 0 Å². The number of aryl methyl sites for hydroxylation is 1. The van der Waals surface area contributed by atoms with Gasteiger partial charge in [0.1, 0.15) is 0 Å². The van der Waals surface area contributed by atoms with Crippen LogP contribution in [0.2, 0.25) is 0 Å². The van der Waals surface area contributed by atoms with Gasteiger partial charge in [0.05, 0.1) is 43.4 Å². The fourth-order valence-corrected chi connectivity index (χ4v) is 4.40. The number of aromatic nitrogens is 3. The first-order valence-electron chi connectivity index (χ1n) is 10.2. The normalized spacial score (nSPS) is 26.1. The van der Waals surface area contributed by atoms with E-state index in [1.807, 2.05) is 29.0 Å². The molecule has 8 nitrogen and oxygen atoms in total. The fraction of sp³-hybridized carbons (Fsp3) is 0.650. The van der Waals surface area contributed by atoms with Gasteiger partial charge in [-0.25, -0.2) is 4.98 Å². The third kappa shape index (κ3) is 3.58. The lowest BCUT2D eigenvalue weighted by Gasteiger charge is -2.30. The molecular formula is C20H27N5O3. The second-order valence-electron chi connectivity index (χ2n) is 8.30. The molecule has 2 aromatic rings. The average molecular weight is 385 g/mol. The van der Waals surface area contributed by atoms with E-state index in [0.29, 0.717) is 38.8 Å². The van der Waals surface area contributed by atoms with Gasteiger partial charge in [-0.15, -0.1) is 0 Å². The number of likely N-dealkylation sites (tertiary alicyclic amines) is 1. The number of morpholine rings is 1. The summed E-state index contributed by atoms with van der Waals surface area (Å²) in [6.45, 7) is 4.81. The molecule has 5 rings (SSSR count). The van der Waals surface area contributed by atoms with Crippen molar-refractivity contribution >= 4 is 5.91 Å². The van der Waals surface area contributed by atoms with Crippen LogP contribution in [0.25, 0.3) is 0 Å². The summed E-state index contributed by atoms with van der Waals surface area (Å²) in [7, 11) is 1.97. The van der Waals surface area contributed by atoms with E-state index >= 15 is 0 Å². The highest BCUT2D eigenvalue weighted by Crippen LogP contribution is 2.40. The summed E-state index contributed by atoms with van der Waals surface area (Å²) in [4.78, 5) is 22.1. The first-order chi connectivity index (χ1) is 13.7. The number of ether oxygens (including phenoxy) is 1. The second-order valence-corrected chi connectivity index (χ2v) is 8.30. The quantitative estimate of drug-likeness (QED) is 0.774. The number of amides is 1. The van der Waals surface area contributed by atoms with Gasteiger partial charge in [-0.1, -0.05) is 5.16 Å². The molecule has 0 bridgehead atoms. The van der Waals surface area contributed by atoms with Gasteiger partial charge in [0.2, 0.25) is 5.91 Å². The summed E-state index contributed by atoms with van der Waals surface area (Å²) in [6, 6.07) is 2.09. The first kappa shape index (κ1) is 17.9. The van der Waals surface area contributed by atoms with Crippen molar-refractivity contribution in [2.24, 2.45) is 13.0 Å². The van der Waals surface area contributed by atoms with Crippen molar-refractivity contribution in [1.29, 1.82) is 0 Å². The molecule has 4 heterocycles. The summed E-state index contributed by atoms with van der Waals surface area (Å²) in [5.74, 6) is 1.72. The van der Waals surface area contributed by atoms with E-state index in [1.54, 1.807) is 0 Å². The second kappa shape index (κ2) is 7.33. The van der Waals surface area contributed by atoms with Crippen molar-refractivity contribution in [1.82, 2.24) is 24.5 Å². The Bertz CT molecular complexity index is 837. The lowest BCUT2D eigenvalue weighted by molar-refractivity contribution is -0.139. The van der Waals surface area contributed by atoms with Crippen LogP contribution in [0.5, 0.6) is 0 Å². The average Bonchev–Trinajstić information content (AvgIpc) is 3.11. The molecule has 2 aromatic heterocycles. The Hall–Kier alpha value is -2.19. The third-order valence-corrected chi connectivity index (χ3v) is 6.09. The smallest absolute Gasteiger partial charge is 0.227 e. The van der Waals surface area contributed by atoms with Crippen LogP contribution >= 0.6 is 0 Å².